The van der Waals surface area contributed by atoms with Crippen molar-refractivity contribution in [3.63, 3.8) is 0 Å². The summed E-state index contributed by atoms with van der Waals surface area (Å²) in [6.07, 6.45) is 1.96. The average molecular weight is 390 g/mol. The Kier molecular flexibility index (Phi) is 5.64. The van der Waals surface area contributed by atoms with Crippen LogP contribution in [0.4, 0.5) is 10.5 Å². The van der Waals surface area contributed by atoms with Crippen LogP contribution in [0.5, 0.6) is 0 Å². The van der Waals surface area contributed by atoms with Gasteiger partial charge in [0.1, 0.15) is 18.2 Å². The molecule has 0 aromatic heterocycles. The lowest BCUT2D eigenvalue weighted by atomic mass is 9.91. The van der Waals surface area contributed by atoms with Crippen molar-refractivity contribution in [3.05, 3.63) is 65.2 Å². The number of para-hydroxylation sites is 1. The third-order valence-corrected chi connectivity index (χ3v) is 4.97. The number of hydrogen-bond acceptors (Lipinski definition) is 4. The number of carbonyl (C=O) groups excluding carboxylic acids is 3. The highest BCUT2D eigenvalue weighted by Crippen LogP contribution is 2.29. The number of amides is 4. The second kappa shape index (κ2) is 8.15. The molecule has 148 valence electrons. The highest BCUT2D eigenvalue weighted by Gasteiger charge is 2.49. The predicted octanol–water partition coefficient (Wildman–Crippen LogP) is 2.92. The minimum atomic E-state index is -1.23. The summed E-state index contributed by atoms with van der Waals surface area (Å²) in [6, 6.07) is 15.4. The lowest BCUT2D eigenvalue weighted by molar-refractivity contribution is -0.133. The van der Waals surface area contributed by atoms with Gasteiger partial charge in [-0.25, -0.2) is 4.79 Å². The van der Waals surface area contributed by atoms with Gasteiger partial charge < -0.3 is 10.6 Å². The molecular weight excluding hydrogens is 368 g/mol. The molecule has 29 heavy (non-hydrogen) atoms. The molecule has 4 amide bonds. The topological polar surface area (TPSA) is 102 Å². The summed E-state index contributed by atoms with van der Waals surface area (Å²) < 4.78 is 0. The molecule has 0 bridgehead atoms. The van der Waals surface area contributed by atoms with Crippen molar-refractivity contribution in [3.8, 4) is 6.07 Å². The van der Waals surface area contributed by atoms with Crippen LogP contribution in [0.25, 0.3) is 0 Å². The molecule has 1 atom stereocenters. The average Bonchev–Trinajstić information content (AvgIpc) is 2.93. The maximum atomic E-state index is 13.0. The van der Waals surface area contributed by atoms with Crippen molar-refractivity contribution in [2.24, 2.45) is 0 Å². The molecule has 3 rings (SSSR count). The maximum absolute atomic E-state index is 13.0. The van der Waals surface area contributed by atoms with Gasteiger partial charge in [-0.3, -0.25) is 14.5 Å². The minimum absolute atomic E-state index is 0.301. The van der Waals surface area contributed by atoms with Gasteiger partial charge in [-0.15, -0.1) is 0 Å². The van der Waals surface area contributed by atoms with Gasteiger partial charge in [0.05, 0.1) is 11.3 Å². The first-order chi connectivity index (χ1) is 13.9. The van der Waals surface area contributed by atoms with Crippen molar-refractivity contribution in [1.82, 2.24) is 10.2 Å². The van der Waals surface area contributed by atoms with E-state index >= 15 is 0 Å². The molecule has 1 aliphatic rings. The molecule has 7 nitrogen and oxygen atoms in total. The highest BCUT2D eigenvalue weighted by atomic mass is 16.2. The molecule has 0 radical (unpaired) electrons. The number of urea groups is 1. The summed E-state index contributed by atoms with van der Waals surface area (Å²) in [4.78, 5) is 38.7. The van der Waals surface area contributed by atoms with E-state index in [2.05, 4.69) is 17.6 Å². The van der Waals surface area contributed by atoms with E-state index in [0.717, 1.165) is 23.3 Å². The summed E-state index contributed by atoms with van der Waals surface area (Å²) in [5, 5.41) is 14.4. The first-order valence-corrected chi connectivity index (χ1v) is 9.41. The van der Waals surface area contributed by atoms with E-state index in [-0.39, 0.29) is 0 Å². The van der Waals surface area contributed by atoms with Crippen LogP contribution in [0, 0.1) is 11.3 Å². The molecule has 0 unspecified atom stereocenters. The molecule has 1 fully saturated rings. The fourth-order valence-corrected chi connectivity index (χ4v) is 3.35. The Morgan fingerprint density at radius 3 is 2.52 bits per heavy atom. The molecule has 1 aliphatic heterocycles. The number of nitriles is 1. The molecule has 2 aromatic carbocycles. The normalized spacial score (nSPS) is 18.3. The zero-order chi connectivity index (χ0) is 21.0. The molecule has 2 aromatic rings. The molecule has 0 aliphatic carbocycles. The van der Waals surface area contributed by atoms with Gasteiger partial charge in [0, 0.05) is 0 Å². The number of aryl methyl sites for hydroxylation is 1. The van der Waals surface area contributed by atoms with Crippen molar-refractivity contribution in [1.29, 1.82) is 5.26 Å². The van der Waals surface area contributed by atoms with Gasteiger partial charge in [0.15, 0.2) is 0 Å². The van der Waals surface area contributed by atoms with Crippen molar-refractivity contribution in [2.45, 2.75) is 32.2 Å². The Morgan fingerprint density at radius 1 is 1.17 bits per heavy atom. The first kappa shape index (κ1) is 20.1. The standard InChI is InChI=1S/C22H22N4O3/c1-3-6-15-9-11-17(12-10-15)22(2)20(28)26(21(29)25-22)14-19(27)24-18-8-5-4-7-16(18)13-23/h4-5,7-12H,3,6,14H2,1-2H3,(H,24,27)(H,25,29)/t22-/m1/s1. The first-order valence-electron chi connectivity index (χ1n) is 9.41. The number of hydrogen-bond donors (Lipinski definition) is 2. The summed E-state index contributed by atoms with van der Waals surface area (Å²) in [7, 11) is 0. The van der Waals surface area contributed by atoms with Gasteiger partial charge in [-0.2, -0.15) is 5.26 Å². The zero-order valence-electron chi connectivity index (χ0n) is 16.4. The summed E-state index contributed by atoms with van der Waals surface area (Å²) in [6.45, 7) is 3.28. The van der Waals surface area contributed by atoms with Crippen LogP contribution < -0.4 is 10.6 Å². The third kappa shape index (κ3) is 3.97. The number of rotatable bonds is 6. The molecule has 1 saturated heterocycles. The number of anilines is 1. The molecular formula is C22H22N4O3. The second-order valence-corrected chi connectivity index (χ2v) is 7.10. The van der Waals surface area contributed by atoms with Crippen LogP contribution in [0.3, 0.4) is 0 Å². The van der Waals surface area contributed by atoms with E-state index in [1.54, 1.807) is 31.2 Å². The number of benzene rings is 2. The Hall–Kier alpha value is -3.66. The quantitative estimate of drug-likeness (QED) is 0.740. The molecule has 0 saturated carbocycles. The van der Waals surface area contributed by atoms with E-state index in [1.165, 1.54) is 0 Å². The highest BCUT2D eigenvalue weighted by molar-refractivity contribution is 6.10. The predicted molar refractivity (Wildman–Crippen MR) is 108 cm³/mol. The number of imide groups is 1. The summed E-state index contributed by atoms with van der Waals surface area (Å²) in [5.41, 5.74) is 1.22. The smallest absolute Gasteiger partial charge is 0.323 e. The van der Waals surface area contributed by atoms with Crippen LogP contribution in [0.2, 0.25) is 0 Å². The second-order valence-electron chi connectivity index (χ2n) is 7.10. The van der Waals surface area contributed by atoms with Gasteiger partial charge in [0.25, 0.3) is 5.91 Å². The maximum Gasteiger partial charge on any atom is 0.325 e. The van der Waals surface area contributed by atoms with Crippen molar-refractivity contribution >= 4 is 23.5 Å². The van der Waals surface area contributed by atoms with Crippen molar-refractivity contribution in [2.75, 3.05) is 11.9 Å². The Labute approximate surface area is 169 Å². The zero-order valence-corrected chi connectivity index (χ0v) is 16.4. The summed E-state index contributed by atoms with van der Waals surface area (Å²) in [5.74, 6) is -1.05. The van der Waals surface area contributed by atoms with Crippen LogP contribution >= 0.6 is 0 Å². The number of carbonyl (C=O) groups is 3. The Balaban J connectivity index is 1.74. The van der Waals surface area contributed by atoms with Gasteiger partial charge in [0.2, 0.25) is 5.91 Å². The largest absolute Gasteiger partial charge is 0.325 e. The van der Waals surface area contributed by atoms with Crippen molar-refractivity contribution < 1.29 is 14.4 Å². The van der Waals surface area contributed by atoms with E-state index in [4.69, 9.17) is 5.26 Å². The van der Waals surface area contributed by atoms with Gasteiger partial charge in [-0.05, 0) is 36.6 Å². The number of nitrogens with one attached hydrogen (secondary N) is 2. The molecule has 1 heterocycles. The molecule has 0 spiro atoms. The lowest BCUT2D eigenvalue weighted by Gasteiger charge is -2.22. The monoisotopic (exact) mass is 390 g/mol. The van der Waals surface area contributed by atoms with E-state index in [9.17, 15) is 14.4 Å². The lowest BCUT2D eigenvalue weighted by Crippen LogP contribution is -2.42. The third-order valence-electron chi connectivity index (χ3n) is 4.97. The summed E-state index contributed by atoms with van der Waals surface area (Å²) >= 11 is 0. The van der Waals surface area contributed by atoms with Gasteiger partial charge >= 0.3 is 6.03 Å². The number of nitrogens with zero attached hydrogens (tertiary/aromatic N) is 2. The van der Waals surface area contributed by atoms with Crippen LogP contribution in [-0.4, -0.2) is 29.3 Å². The van der Waals surface area contributed by atoms with E-state index < -0.39 is 29.9 Å². The van der Waals surface area contributed by atoms with Gasteiger partial charge in [-0.1, -0.05) is 49.7 Å². The Morgan fingerprint density at radius 2 is 1.86 bits per heavy atom. The fraction of sp³-hybridized carbons (Fsp3) is 0.273. The fourth-order valence-electron chi connectivity index (χ4n) is 3.35. The minimum Gasteiger partial charge on any atom is -0.323 e. The van der Waals surface area contributed by atoms with E-state index in [1.807, 2.05) is 30.3 Å². The molecule has 2 N–H and O–H groups in total. The Bertz CT molecular complexity index is 994. The van der Waals surface area contributed by atoms with Crippen LogP contribution in [0.1, 0.15) is 37.0 Å². The molecule has 7 heteroatoms. The van der Waals surface area contributed by atoms with Crippen LogP contribution in [0.15, 0.2) is 48.5 Å². The van der Waals surface area contributed by atoms with E-state index in [0.29, 0.717) is 16.8 Å². The van der Waals surface area contributed by atoms with Crippen LogP contribution in [-0.2, 0) is 21.5 Å². The SMILES string of the molecule is CCCc1ccc([C@@]2(C)NC(=O)N(CC(=O)Nc3ccccc3C#N)C2=O)cc1.